The van der Waals surface area contributed by atoms with Crippen molar-refractivity contribution in [2.24, 2.45) is 5.92 Å². The zero-order valence-corrected chi connectivity index (χ0v) is 10.00. The third kappa shape index (κ3) is 2.34. The van der Waals surface area contributed by atoms with E-state index in [4.69, 9.17) is 0 Å². The van der Waals surface area contributed by atoms with Gasteiger partial charge in [-0.25, -0.2) is 0 Å². The first-order valence-corrected chi connectivity index (χ1v) is 5.87. The summed E-state index contributed by atoms with van der Waals surface area (Å²) in [4.78, 5) is 6.85. The van der Waals surface area contributed by atoms with Gasteiger partial charge in [-0.1, -0.05) is 6.92 Å². The van der Waals surface area contributed by atoms with E-state index in [2.05, 4.69) is 38.8 Å². The molecule has 1 saturated heterocycles. The van der Waals surface area contributed by atoms with Crippen LogP contribution in [0.15, 0.2) is 22.8 Å². The second kappa shape index (κ2) is 4.41. The van der Waals surface area contributed by atoms with Crippen LogP contribution in [0.3, 0.4) is 0 Å². The van der Waals surface area contributed by atoms with Crippen molar-refractivity contribution in [1.82, 2.24) is 9.88 Å². The third-order valence-electron chi connectivity index (χ3n) is 2.72. The Morgan fingerprint density at radius 3 is 3.14 bits per heavy atom. The fraction of sp³-hybridized carbons (Fsp3) is 0.545. The van der Waals surface area contributed by atoms with Gasteiger partial charge in [-0.2, -0.15) is 0 Å². The molecule has 1 aliphatic rings. The van der Waals surface area contributed by atoms with E-state index in [0.717, 1.165) is 22.6 Å². The molecule has 1 fully saturated rings. The molecule has 2 nitrogen and oxygen atoms in total. The Hall–Kier alpha value is -0.410. The van der Waals surface area contributed by atoms with Gasteiger partial charge in [-0.3, -0.25) is 9.88 Å². The van der Waals surface area contributed by atoms with Gasteiger partial charge in [0, 0.05) is 23.8 Å². The zero-order valence-electron chi connectivity index (χ0n) is 8.41. The van der Waals surface area contributed by atoms with Crippen molar-refractivity contribution in [2.75, 3.05) is 13.1 Å². The summed E-state index contributed by atoms with van der Waals surface area (Å²) in [6, 6.07) is 4.02. The smallest absolute Gasteiger partial charge is 0.0685 e. The summed E-state index contributed by atoms with van der Waals surface area (Å²) in [6.45, 7) is 5.71. The van der Waals surface area contributed by atoms with Crippen LogP contribution in [0, 0.1) is 5.92 Å². The standard InChI is InChI=1S/C11H15BrN2/c1-9-4-6-14(7-9)8-11-10(12)3-2-5-13-11/h2-3,5,9H,4,6-8H2,1H3. The lowest BCUT2D eigenvalue weighted by Gasteiger charge is -2.15. The van der Waals surface area contributed by atoms with Crippen LogP contribution in [0.2, 0.25) is 0 Å². The van der Waals surface area contributed by atoms with Gasteiger partial charge in [0.2, 0.25) is 0 Å². The Morgan fingerprint density at radius 2 is 2.50 bits per heavy atom. The van der Waals surface area contributed by atoms with Crippen molar-refractivity contribution < 1.29 is 0 Å². The largest absolute Gasteiger partial charge is 0.297 e. The first kappa shape index (κ1) is 10.1. The second-order valence-electron chi connectivity index (χ2n) is 4.06. The Bertz CT molecular complexity index is 314. The van der Waals surface area contributed by atoms with Crippen molar-refractivity contribution in [3.05, 3.63) is 28.5 Å². The number of halogens is 1. The number of rotatable bonds is 2. The molecule has 2 rings (SSSR count). The number of pyridine rings is 1. The Labute approximate surface area is 93.5 Å². The summed E-state index contributed by atoms with van der Waals surface area (Å²) in [5, 5.41) is 0. The molecule has 76 valence electrons. The van der Waals surface area contributed by atoms with E-state index in [-0.39, 0.29) is 0 Å². The average molecular weight is 255 g/mol. The normalized spacial score (nSPS) is 22.9. The highest BCUT2D eigenvalue weighted by atomic mass is 79.9. The Morgan fingerprint density at radius 1 is 1.64 bits per heavy atom. The van der Waals surface area contributed by atoms with Gasteiger partial charge in [0.15, 0.2) is 0 Å². The second-order valence-corrected chi connectivity index (χ2v) is 4.92. The zero-order chi connectivity index (χ0) is 9.97. The van der Waals surface area contributed by atoms with Crippen LogP contribution < -0.4 is 0 Å². The molecule has 3 heteroatoms. The first-order chi connectivity index (χ1) is 6.75. The molecule has 1 unspecified atom stereocenters. The lowest BCUT2D eigenvalue weighted by molar-refractivity contribution is 0.316. The molecule has 0 amide bonds. The molecule has 1 aliphatic heterocycles. The number of hydrogen-bond acceptors (Lipinski definition) is 2. The number of aromatic nitrogens is 1. The summed E-state index contributed by atoms with van der Waals surface area (Å²) in [5.74, 6) is 0.845. The van der Waals surface area contributed by atoms with Gasteiger partial charge in [0.25, 0.3) is 0 Å². The molecule has 1 atom stereocenters. The molecule has 0 aliphatic carbocycles. The number of hydrogen-bond donors (Lipinski definition) is 0. The molecule has 0 bridgehead atoms. The molecule has 14 heavy (non-hydrogen) atoms. The van der Waals surface area contributed by atoms with Crippen LogP contribution in [0.5, 0.6) is 0 Å². The van der Waals surface area contributed by atoms with Gasteiger partial charge < -0.3 is 0 Å². The van der Waals surface area contributed by atoms with E-state index < -0.39 is 0 Å². The van der Waals surface area contributed by atoms with E-state index in [1.54, 1.807) is 0 Å². The topological polar surface area (TPSA) is 16.1 Å². The van der Waals surface area contributed by atoms with E-state index >= 15 is 0 Å². The monoisotopic (exact) mass is 254 g/mol. The summed E-state index contributed by atoms with van der Waals surface area (Å²) < 4.78 is 1.12. The summed E-state index contributed by atoms with van der Waals surface area (Å²) in [5.41, 5.74) is 1.15. The maximum atomic E-state index is 4.38. The van der Waals surface area contributed by atoms with Gasteiger partial charge in [-0.15, -0.1) is 0 Å². The highest BCUT2D eigenvalue weighted by molar-refractivity contribution is 9.10. The first-order valence-electron chi connectivity index (χ1n) is 5.07. The molecule has 0 aromatic carbocycles. The Kier molecular flexibility index (Phi) is 3.19. The predicted octanol–water partition coefficient (Wildman–Crippen LogP) is 2.69. The van der Waals surface area contributed by atoms with E-state index in [1.807, 2.05) is 12.3 Å². The predicted molar refractivity (Wildman–Crippen MR) is 61.0 cm³/mol. The fourth-order valence-electron chi connectivity index (χ4n) is 1.92. The number of likely N-dealkylation sites (tertiary alicyclic amines) is 1. The minimum Gasteiger partial charge on any atom is -0.297 e. The van der Waals surface area contributed by atoms with Crippen LogP contribution in [-0.2, 0) is 6.54 Å². The quantitative estimate of drug-likeness (QED) is 0.807. The average Bonchev–Trinajstić information content (AvgIpc) is 2.56. The third-order valence-corrected chi connectivity index (χ3v) is 3.44. The SMILES string of the molecule is CC1CCN(Cc2ncccc2Br)C1. The van der Waals surface area contributed by atoms with Crippen molar-refractivity contribution >= 4 is 15.9 Å². The molecule has 0 saturated carbocycles. The van der Waals surface area contributed by atoms with E-state index in [9.17, 15) is 0 Å². The van der Waals surface area contributed by atoms with Gasteiger partial charge in [0.05, 0.1) is 5.69 Å². The highest BCUT2D eigenvalue weighted by Gasteiger charge is 2.19. The highest BCUT2D eigenvalue weighted by Crippen LogP contribution is 2.20. The fourth-order valence-corrected chi connectivity index (χ4v) is 2.30. The van der Waals surface area contributed by atoms with E-state index in [1.165, 1.54) is 19.5 Å². The summed E-state index contributed by atoms with van der Waals surface area (Å²) >= 11 is 3.53. The van der Waals surface area contributed by atoms with Crippen LogP contribution in [0.1, 0.15) is 19.0 Å². The van der Waals surface area contributed by atoms with Crippen LogP contribution in [0.4, 0.5) is 0 Å². The minimum absolute atomic E-state index is 0.845. The molecule has 0 N–H and O–H groups in total. The molecular formula is C11H15BrN2. The minimum atomic E-state index is 0.845. The van der Waals surface area contributed by atoms with Gasteiger partial charge in [0.1, 0.15) is 0 Å². The van der Waals surface area contributed by atoms with Crippen LogP contribution in [0.25, 0.3) is 0 Å². The molecular weight excluding hydrogens is 240 g/mol. The maximum Gasteiger partial charge on any atom is 0.0685 e. The molecule has 2 heterocycles. The molecule has 1 aromatic rings. The maximum absolute atomic E-state index is 4.38. The van der Waals surface area contributed by atoms with Gasteiger partial charge >= 0.3 is 0 Å². The lowest BCUT2D eigenvalue weighted by Crippen LogP contribution is -2.20. The van der Waals surface area contributed by atoms with Crippen molar-refractivity contribution in [2.45, 2.75) is 19.9 Å². The lowest BCUT2D eigenvalue weighted by atomic mass is 10.2. The summed E-state index contributed by atoms with van der Waals surface area (Å²) in [6.07, 6.45) is 3.18. The van der Waals surface area contributed by atoms with Crippen molar-refractivity contribution in [3.8, 4) is 0 Å². The van der Waals surface area contributed by atoms with E-state index in [0.29, 0.717) is 0 Å². The van der Waals surface area contributed by atoms with Crippen molar-refractivity contribution in [3.63, 3.8) is 0 Å². The van der Waals surface area contributed by atoms with Gasteiger partial charge in [-0.05, 0) is 46.9 Å². The molecule has 0 radical (unpaired) electrons. The summed E-state index contributed by atoms with van der Waals surface area (Å²) in [7, 11) is 0. The number of nitrogens with zero attached hydrogens (tertiary/aromatic N) is 2. The van der Waals surface area contributed by atoms with Crippen LogP contribution in [-0.4, -0.2) is 23.0 Å². The van der Waals surface area contributed by atoms with Crippen LogP contribution >= 0.6 is 15.9 Å². The Balaban J connectivity index is 2.01. The molecule has 0 spiro atoms. The van der Waals surface area contributed by atoms with Crippen molar-refractivity contribution in [1.29, 1.82) is 0 Å². The molecule has 1 aromatic heterocycles.